The number of rotatable bonds is 2. The number of hydrogen-bond donors (Lipinski definition) is 0. The van der Waals surface area contributed by atoms with Crippen LogP contribution in [0.5, 0.6) is 0 Å². The lowest BCUT2D eigenvalue weighted by Crippen LogP contribution is -2.23. The molecule has 4 nitrogen and oxygen atoms in total. The van der Waals surface area contributed by atoms with Crippen molar-refractivity contribution in [1.82, 2.24) is 0 Å². The SMILES string of the molecule is CS(=O)(=O)OC1Cc2ccccc2C1=O. The molecule has 0 amide bonds. The first-order valence-corrected chi connectivity index (χ1v) is 6.29. The van der Waals surface area contributed by atoms with E-state index in [9.17, 15) is 13.2 Å². The summed E-state index contributed by atoms with van der Waals surface area (Å²) in [5.41, 5.74) is 1.40. The van der Waals surface area contributed by atoms with Crippen LogP contribution in [0.15, 0.2) is 24.3 Å². The molecule has 2 rings (SSSR count). The van der Waals surface area contributed by atoms with E-state index in [1.54, 1.807) is 18.2 Å². The van der Waals surface area contributed by atoms with Gasteiger partial charge in [0.1, 0.15) is 6.10 Å². The maximum atomic E-state index is 11.7. The van der Waals surface area contributed by atoms with E-state index in [2.05, 4.69) is 0 Å². The second-order valence-corrected chi connectivity index (χ2v) is 5.12. The van der Waals surface area contributed by atoms with Gasteiger partial charge in [-0.25, -0.2) is 0 Å². The van der Waals surface area contributed by atoms with Crippen LogP contribution in [-0.2, 0) is 20.7 Å². The van der Waals surface area contributed by atoms with Crippen molar-refractivity contribution in [2.24, 2.45) is 0 Å². The molecule has 0 radical (unpaired) electrons. The Morgan fingerprint density at radius 1 is 1.33 bits per heavy atom. The summed E-state index contributed by atoms with van der Waals surface area (Å²) >= 11 is 0. The zero-order chi connectivity index (χ0) is 11.1. The van der Waals surface area contributed by atoms with E-state index in [0.29, 0.717) is 12.0 Å². The summed E-state index contributed by atoms with van der Waals surface area (Å²) in [6.07, 6.45) is 0.406. The van der Waals surface area contributed by atoms with Crippen LogP contribution >= 0.6 is 0 Å². The van der Waals surface area contributed by atoms with Crippen molar-refractivity contribution in [2.45, 2.75) is 12.5 Å². The maximum Gasteiger partial charge on any atom is 0.265 e. The molecule has 80 valence electrons. The first-order chi connectivity index (χ1) is 6.97. The highest BCUT2D eigenvalue weighted by molar-refractivity contribution is 7.86. The van der Waals surface area contributed by atoms with Gasteiger partial charge in [-0.3, -0.25) is 8.98 Å². The molecule has 0 bridgehead atoms. The van der Waals surface area contributed by atoms with Crippen LogP contribution in [-0.4, -0.2) is 26.6 Å². The highest BCUT2D eigenvalue weighted by Gasteiger charge is 2.33. The van der Waals surface area contributed by atoms with Crippen LogP contribution in [0.25, 0.3) is 0 Å². The fraction of sp³-hybridized carbons (Fsp3) is 0.300. The van der Waals surface area contributed by atoms with Crippen molar-refractivity contribution in [2.75, 3.05) is 6.26 Å². The zero-order valence-corrected chi connectivity index (χ0v) is 8.95. The third-order valence-electron chi connectivity index (χ3n) is 2.27. The molecule has 1 atom stereocenters. The van der Waals surface area contributed by atoms with Crippen LogP contribution in [0.2, 0.25) is 0 Å². The van der Waals surface area contributed by atoms with Crippen molar-refractivity contribution in [3.8, 4) is 0 Å². The summed E-state index contributed by atoms with van der Waals surface area (Å²) in [7, 11) is -3.58. The molecule has 1 unspecified atom stereocenters. The molecule has 1 aromatic rings. The molecule has 0 fully saturated rings. The predicted molar refractivity (Wildman–Crippen MR) is 54.2 cm³/mol. The summed E-state index contributed by atoms with van der Waals surface area (Å²) in [5.74, 6) is -0.254. The lowest BCUT2D eigenvalue weighted by atomic mass is 10.1. The average molecular weight is 226 g/mol. The number of benzene rings is 1. The van der Waals surface area contributed by atoms with E-state index in [-0.39, 0.29) is 5.78 Å². The van der Waals surface area contributed by atoms with Crippen LogP contribution in [0.3, 0.4) is 0 Å². The lowest BCUT2D eigenvalue weighted by molar-refractivity contribution is 0.0831. The molecule has 15 heavy (non-hydrogen) atoms. The van der Waals surface area contributed by atoms with Crippen LogP contribution in [0.1, 0.15) is 15.9 Å². The Balaban J connectivity index is 2.28. The molecule has 1 aromatic carbocycles. The Hall–Kier alpha value is -1.20. The van der Waals surface area contributed by atoms with Crippen molar-refractivity contribution in [3.63, 3.8) is 0 Å². The van der Waals surface area contributed by atoms with Gasteiger partial charge in [0.2, 0.25) is 0 Å². The Labute approximate surface area is 88.0 Å². The van der Waals surface area contributed by atoms with Gasteiger partial charge in [-0.15, -0.1) is 0 Å². The van der Waals surface area contributed by atoms with Crippen LogP contribution in [0.4, 0.5) is 0 Å². The topological polar surface area (TPSA) is 60.4 Å². The summed E-state index contributed by atoms with van der Waals surface area (Å²) in [5, 5.41) is 0. The summed E-state index contributed by atoms with van der Waals surface area (Å²) in [6, 6.07) is 7.05. The summed E-state index contributed by atoms with van der Waals surface area (Å²) in [6.45, 7) is 0. The molecule has 0 N–H and O–H groups in total. The van der Waals surface area contributed by atoms with Crippen molar-refractivity contribution >= 4 is 15.9 Å². The van der Waals surface area contributed by atoms with Crippen LogP contribution in [0, 0.1) is 0 Å². The highest BCUT2D eigenvalue weighted by atomic mass is 32.2. The number of Topliss-reactive ketones (excluding diaryl/α,β-unsaturated/α-hetero) is 1. The Morgan fingerprint density at radius 3 is 2.60 bits per heavy atom. The van der Waals surface area contributed by atoms with Gasteiger partial charge in [0.05, 0.1) is 6.26 Å². The van der Waals surface area contributed by atoms with E-state index in [4.69, 9.17) is 4.18 Å². The molecule has 0 saturated carbocycles. The van der Waals surface area contributed by atoms with Gasteiger partial charge >= 0.3 is 0 Å². The van der Waals surface area contributed by atoms with Gasteiger partial charge in [-0.05, 0) is 5.56 Å². The largest absolute Gasteiger partial charge is 0.291 e. The first kappa shape index (κ1) is 10.3. The monoisotopic (exact) mass is 226 g/mol. The zero-order valence-electron chi connectivity index (χ0n) is 8.14. The molecule has 5 heteroatoms. The van der Waals surface area contributed by atoms with E-state index < -0.39 is 16.2 Å². The molecule has 0 saturated heterocycles. The Kier molecular flexibility index (Phi) is 2.36. The second-order valence-electron chi connectivity index (χ2n) is 3.51. The number of ketones is 1. The fourth-order valence-corrected chi connectivity index (χ4v) is 2.27. The molecule has 0 aliphatic heterocycles. The van der Waals surface area contributed by atoms with Crippen molar-refractivity contribution in [1.29, 1.82) is 0 Å². The van der Waals surface area contributed by atoms with Crippen molar-refractivity contribution < 1.29 is 17.4 Å². The van der Waals surface area contributed by atoms with E-state index in [1.807, 2.05) is 6.07 Å². The van der Waals surface area contributed by atoms with Gasteiger partial charge < -0.3 is 0 Å². The van der Waals surface area contributed by atoms with E-state index >= 15 is 0 Å². The van der Waals surface area contributed by atoms with Crippen LogP contribution < -0.4 is 0 Å². The van der Waals surface area contributed by atoms with Gasteiger partial charge in [0, 0.05) is 12.0 Å². The average Bonchev–Trinajstić information content (AvgIpc) is 2.42. The Bertz CT molecular complexity index is 504. The molecule has 0 spiro atoms. The predicted octanol–water partition coefficient (Wildman–Crippen LogP) is 0.770. The summed E-state index contributed by atoms with van der Waals surface area (Å²) < 4.78 is 26.5. The fourth-order valence-electron chi connectivity index (χ4n) is 1.69. The van der Waals surface area contributed by atoms with E-state index in [1.165, 1.54) is 0 Å². The lowest BCUT2D eigenvalue weighted by Gasteiger charge is -2.06. The van der Waals surface area contributed by atoms with Gasteiger partial charge in [0.25, 0.3) is 10.1 Å². The van der Waals surface area contributed by atoms with Crippen molar-refractivity contribution in [3.05, 3.63) is 35.4 Å². The minimum absolute atomic E-state index is 0.254. The maximum absolute atomic E-state index is 11.7. The normalized spacial score (nSPS) is 20.3. The molecule has 1 aliphatic carbocycles. The van der Waals surface area contributed by atoms with Gasteiger partial charge in [-0.1, -0.05) is 24.3 Å². The quantitative estimate of drug-likeness (QED) is 0.699. The minimum atomic E-state index is -3.58. The smallest absolute Gasteiger partial charge is 0.265 e. The highest BCUT2D eigenvalue weighted by Crippen LogP contribution is 2.24. The first-order valence-electron chi connectivity index (χ1n) is 4.48. The third-order valence-corrected chi connectivity index (χ3v) is 2.85. The molecular formula is C10H10O4S. The molecule has 0 heterocycles. The minimum Gasteiger partial charge on any atom is -0.291 e. The van der Waals surface area contributed by atoms with Gasteiger partial charge in [0.15, 0.2) is 5.78 Å². The second kappa shape index (κ2) is 3.43. The number of hydrogen-bond acceptors (Lipinski definition) is 4. The standard InChI is InChI=1S/C10H10O4S/c1-15(12,13)14-9-6-7-4-2-3-5-8(7)10(9)11/h2-5,9H,6H2,1H3. The number of carbonyl (C=O) groups excluding carboxylic acids is 1. The molecular weight excluding hydrogens is 216 g/mol. The summed E-state index contributed by atoms with van der Waals surface area (Å²) in [4.78, 5) is 11.7. The van der Waals surface area contributed by atoms with E-state index in [0.717, 1.165) is 11.8 Å². The van der Waals surface area contributed by atoms with Gasteiger partial charge in [-0.2, -0.15) is 8.42 Å². The molecule has 0 aromatic heterocycles. The molecule has 1 aliphatic rings. The number of fused-ring (bicyclic) bond motifs is 1. The third kappa shape index (κ3) is 2.08. The number of carbonyl (C=O) groups is 1. The Morgan fingerprint density at radius 2 is 2.00 bits per heavy atom.